The van der Waals surface area contributed by atoms with Crippen LogP contribution in [0.2, 0.25) is 0 Å². The Bertz CT molecular complexity index is 2420. The van der Waals surface area contributed by atoms with E-state index in [9.17, 15) is 0 Å². The van der Waals surface area contributed by atoms with E-state index in [2.05, 4.69) is 193 Å². The molecule has 0 aliphatic heterocycles. The van der Waals surface area contributed by atoms with Gasteiger partial charge >= 0.3 is 0 Å². The largest absolute Gasteiger partial charge is 0.310 e. The van der Waals surface area contributed by atoms with Gasteiger partial charge in [0.05, 0.1) is 16.7 Å². The van der Waals surface area contributed by atoms with Gasteiger partial charge in [0.25, 0.3) is 0 Å². The predicted molar refractivity (Wildman–Crippen MR) is 198 cm³/mol. The average molecular weight is 603 g/mol. The molecule has 0 spiro atoms. The van der Waals surface area contributed by atoms with Gasteiger partial charge in [-0.05, 0) is 88.0 Å². The molecule has 8 aromatic rings. The average Bonchev–Trinajstić information content (AvgIpc) is 3.59. The van der Waals surface area contributed by atoms with Crippen LogP contribution < -0.4 is 4.90 Å². The number of rotatable bonds is 5. The Kier molecular flexibility index (Phi) is 6.20. The summed E-state index contributed by atoms with van der Waals surface area (Å²) in [5.74, 6) is 0. The molecule has 1 aliphatic rings. The van der Waals surface area contributed by atoms with Crippen LogP contribution in [-0.4, -0.2) is 4.57 Å². The van der Waals surface area contributed by atoms with E-state index in [4.69, 9.17) is 0 Å². The minimum atomic E-state index is -0.0676. The monoisotopic (exact) mass is 602 g/mol. The Hall–Kier alpha value is -5.86. The highest BCUT2D eigenvalue weighted by Gasteiger charge is 2.35. The molecular formula is C45H34N2. The first-order valence-electron chi connectivity index (χ1n) is 16.4. The molecule has 0 bridgehead atoms. The molecule has 0 N–H and O–H groups in total. The Morgan fingerprint density at radius 3 is 1.89 bits per heavy atom. The molecule has 2 heteroatoms. The first kappa shape index (κ1) is 27.5. The molecule has 47 heavy (non-hydrogen) atoms. The molecule has 0 unspecified atom stereocenters. The van der Waals surface area contributed by atoms with Crippen molar-refractivity contribution in [3.8, 4) is 27.9 Å². The maximum atomic E-state index is 2.45. The van der Waals surface area contributed by atoms with Crippen molar-refractivity contribution in [2.45, 2.75) is 19.3 Å². The number of benzene rings is 7. The molecule has 0 atom stereocenters. The standard InChI is InChI=1S/C45H34N2/c1-45(2)39-20-11-9-18-36(39)37-29-28-35(30-40(37)45)47-41-21-12-10-19-38(41)44-42(22-13-23-43(44)47)46(33-16-7-4-8-17-33)34-26-24-32(25-27-34)31-14-5-3-6-15-31/h3-30H,1-2H3. The number of hydrogen-bond acceptors (Lipinski definition) is 1. The lowest BCUT2D eigenvalue weighted by Gasteiger charge is -2.26. The number of anilines is 3. The summed E-state index contributed by atoms with van der Waals surface area (Å²) in [6, 6.07) is 61.7. The molecule has 0 saturated carbocycles. The third kappa shape index (κ3) is 4.26. The molecule has 1 aliphatic carbocycles. The van der Waals surface area contributed by atoms with Crippen LogP contribution in [0.3, 0.4) is 0 Å². The molecule has 1 aromatic heterocycles. The van der Waals surface area contributed by atoms with E-state index < -0.39 is 0 Å². The number of para-hydroxylation sites is 2. The molecule has 9 rings (SSSR count). The summed E-state index contributed by atoms with van der Waals surface area (Å²) in [5, 5.41) is 2.48. The van der Waals surface area contributed by atoms with Crippen molar-refractivity contribution in [3.63, 3.8) is 0 Å². The van der Waals surface area contributed by atoms with E-state index in [-0.39, 0.29) is 5.41 Å². The van der Waals surface area contributed by atoms with Crippen LogP contribution in [0.4, 0.5) is 17.1 Å². The second-order valence-electron chi connectivity index (χ2n) is 13.0. The molecule has 0 amide bonds. The van der Waals surface area contributed by atoms with Crippen LogP contribution in [-0.2, 0) is 5.41 Å². The number of hydrogen-bond donors (Lipinski definition) is 0. The maximum absolute atomic E-state index is 2.45. The number of aromatic nitrogens is 1. The van der Waals surface area contributed by atoms with Gasteiger partial charge < -0.3 is 9.47 Å². The van der Waals surface area contributed by atoms with Gasteiger partial charge in [0, 0.05) is 33.2 Å². The lowest BCUT2D eigenvalue weighted by Crippen LogP contribution is -2.15. The van der Waals surface area contributed by atoms with Gasteiger partial charge in [-0.15, -0.1) is 0 Å². The van der Waals surface area contributed by atoms with E-state index in [1.165, 1.54) is 60.9 Å². The third-order valence-electron chi connectivity index (χ3n) is 9.99. The highest BCUT2D eigenvalue weighted by atomic mass is 15.1. The van der Waals surface area contributed by atoms with Crippen molar-refractivity contribution >= 4 is 38.9 Å². The van der Waals surface area contributed by atoms with Gasteiger partial charge in [0.15, 0.2) is 0 Å². The molecular weight excluding hydrogens is 569 g/mol. The zero-order valence-corrected chi connectivity index (χ0v) is 26.6. The highest BCUT2D eigenvalue weighted by Crippen LogP contribution is 2.50. The quantitative estimate of drug-likeness (QED) is 0.190. The topological polar surface area (TPSA) is 8.17 Å². The Labute approximate surface area is 275 Å². The van der Waals surface area contributed by atoms with Gasteiger partial charge in [0.1, 0.15) is 0 Å². The Balaban J connectivity index is 1.26. The van der Waals surface area contributed by atoms with Gasteiger partial charge in [0.2, 0.25) is 0 Å². The second kappa shape index (κ2) is 10.6. The minimum Gasteiger partial charge on any atom is -0.310 e. The van der Waals surface area contributed by atoms with Crippen LogP contribution in [0, 0.1) is 0 Å². The lowest BCUT2D eigenvalue weighted by molar-refractivity contribution is 0.660. The van der Waals surface area contributed by atoms with E-state index in [1.807, 2.05) is 0 Å². The van der Waals surface area contributed by atoms with Crippen LogP contribution >= 0.6 is 0 Å². The number of nitrogens with zero attached hydrogens (tertiary/aromatic N) is 2. The summed E-state index contributed by atoms with van der Waals surface area (Å²) in [5.41, 5.74) is 14.8. The summed E-state index contributed by atoms with van der Waals surface area (Å²) in [4.78, 5) is 2.40. The molecule has 0 fully saturated rings. The maximum Gasteiger partial charge on any atom is 0.0562 e. The summed E-state index contributed by atoms with van der Waals surface area (Å²) in [6.45, 7) is 4.71. The SMILES string of the molecule is CC1(C)c2ccccc2-c2ccc(-n3c4ccccc4c4c(N(c5ccccc5)c5ccc(-c6ccccc6)cc5)cccc43)cc21. The van der Waals surface area contributed by atoms with Crippen molar-refractivity contribution in [3.05, 3.63) is 181 Å². The predicted octanol–water partition coefficient (Wildman–Crippen LogP) is 12.2. The summed E-state index contributed by atoms with van der Waals surface area (Å²) in [7, 11) is 0. The van der Waals surface area contributed by atoms with Crippen LogP contribution in [0.25, 0.3) is 49.7 Å². The van der Waals surface area contributed by atoms with Crippen molar-refractivity contribution in [2.75, 3.05) is 4.90 Å². The first-order valence-corrected chi connectivity index (χ1v) is 16.4. The number of fused-ring (bicyclic) bond motifs is 6. The zero-order chi connectivity index (χ0) is 31.5. The van der Waals surface area contributed by atoms with Crippen molar-refractivity contribution < 1.29 is 0 Å². The molecule has 0 radical (unpaired) electrons. The van der Waals surface area contributed by atoms with E-state index in [0.29, 0.717) is 0 Å². The second-order valence-corrected chi connectivity index (χ2v) is 13.0. The van der Waals surface area contributed by atoms with Gasteiger partial charge in [-0.25, -0.2) is 0 Å². The van der Waals surface area contributed by atoms with E-state index >= 15 is 0 Å². The van der Waals surface area contributed by atoms with Crippen molar-refractivity contribution in [1.29, 1.82) is 0 Å². The molecule has 2 nitrogen and oxygen atoms in total. The molecule has 7 aromatic carbocycles. The Morgan fingerprint density at radius 2 is 1.09 bits per heavy atom. The third-order valence-corrected chi connectivity index (χ3v) is 9.99. The van der Waals surface area contributed by atoms with Crippen molar-refractivity contribution in [1.82, 2.24) is 4.57 Å². The fourth-order valence-corrected chi connectivity index (χ4v) is 7.73. The minimum absolute atomic E-state index is 0.0676. The smallest absolute Gasteiger partial charge is 0.0562 e. The molecule has 0 saturated heterocycles. The summed E-state index contributed by atoms with van der Waals surface area (Å²) < 4.78 is 2.45. The summed E-state index contributed by atoms with van der Waals surface area (Å²) in [6.07, 6.45) is 0. The van der Waals surface area contributed by atoms with Gasteiger partial charge in [-0.3, -0.25) is 0 Å². The van der Waals surface area contributed by atoms with Crippen LogP contribution in [0.15, 0.2) is 170 Å². The fraction of sp³-hybridized carbons (Fsp3) is 0.0667. The Morgan fingerprint density at radius 1 is 0.468 bits per heavy atom. The van der Waals surface area contributed by atoms with Crippen molar-refractivity contribution in [2.24, 2.45) is 0 Å². The zero-order valence-electron chi connectivity index (χ0n) is 26.6. The molecule has 1 heterocycles. The van der Waals surface area contributed by atoms with Crippen LogP contribution in [0.5, 0.6) is 0 Å². The van der Waals surface area contributed by atoms with Crippen LogP contribution in [0.1, 0.15) is 25.0 Å². The molecule has 224 valence electrons. The van der Waals surface area contributed by atoms with Gasteiger partial charge in [-0.1, -0.05) is 129 Å². The lowest BCUT2D eigenvalue weighted by atomic mass is 9.82. The first-order chi connectivity index (χ1) is 23.1. The summed E-state index contributed by atoms with van der Waals surface area (Å²) >= 11 is 0. The highest BCUT2D eigenvalue weighted by molar-refractivity contribution is 6.16. The van der Waals surface area contributed by atoms with E-state index in [1.54, 1.807) is 0 Å². The van der Waals surface area contributed by atoms with E-state index in [0.717, 1.165) is 17.1 Å². The normalized spacial score (nSPS) is 13.1. The fourth-order valence-electron chi connectivity index (χ4n) is 7.73. The van der Waals surface area contributed by atoms with Gasteiger partial charge in [-0.2, -0.15) is 0 Å².